The van der Waals surface area contributed by atoms with Gasteiger partial charge >= 0.3 is 17.7 Å². The van der Waals surface area contributed by atoms with Gasteiger partial charge in [0.15, 0.2) is 5.75 Å². The molecule has 0 saturated carbocycles. The lowest BCUT2D eigenvalue weighted by Crippen LogP contribution is -2.43. The topological polar surface area (TPSA) is 94.8 Å². The first-order valence-corrected chi connectivity index (χ1v) is 11.3. The summed E-state index contributed by atoms with van der Waals surface area (Å²) in [6.45, 7) is 1.97. The van der Waals surface area contributed by atoms with Crippen molar-refractivity contribution in [2.45, 2.75) is 51.7 Å². The number of carbonyl (C=O) groups excluding carboxylic acids is 2. The zero-order valence-corrected chi connectivity index (χ0v) is 18.9. The number of halogens is 1. The minimum atomic E-state index is -0.919. The van der Waals surface area contributed by atoms with Crippen LogP contribution in [-0.2, 0) is 29.0 Å². The third-order valence-electron chi connectivity index (χ3n) is 5.60. The molecular weight excluding hydrogens is 446 g/mol. The maximum atomic E-state index is 12.8. The van der Waals surface area contributed by atoms with Gasteiger partial charge in [-0.3, -0.25) is 0 Å². The van der Waals surface area contributed by atoms with Gasteiger partial charge < -0.3 is 19.2 Å². The van der Waals surface area contributed by atoms with E-state index in [9.17, 15) is 14.4 Å². The van der Waals surface area contributed by atoms with Gasteiger partial charge in [-0.05, 0) is 42.9 Å². The van der Waals surface area contributed by atoms with Gasteiger partial charge in [-0.2, -0.15) is 0 Å². The summed E-state index contributed by atoms with van der Waals surface area (Å²) in [7, 11) is 0. The second kappa shape index (κ2) is 10.1. The number of esters is 1. The number of alkyl carbamates (subject to hydrolysis) is 1. The van der Waals surface area contributed by atoms with Crippen molar-refractivity contribution in [3.8, 4) is 5.75 Å². The smallest absolute Gasteiger partial charge is 0.408 e. The van der Waals surface area contributed by atoms with Crippen molar-refractivity contribution in [1.82, 2.24) is 5.32 Å². The average Bonchev–Trinajstić information content (AvgIpc) is 3.30. The Morgan fingerprint density at radius 1 is 1.15 bits per heavy atom. The van der Waals surface area contributed by atoms with Gasteiger partial charge in [-0.25, -0.2) is 14.4 Å². The second-order valence-corrected chi connectivity index (χ2v) is 8.35. The van der Waals surface area contributed by atoms with Gasteiger partial charge in [0.2, 0.25) is 0 Å². The van der Waals surface area contributed by atoms with Crippen molar-refractivity contribution in [2.24, 2.45) is 0 Å². The molecule has 0 bridgehead atoms. The van der Waals surface area contributed by atoms with Crippen LogP contribution in [0.4, 0.5) is 4.79 Å². The first-order chi connectivity index (χ1) is 16.0. The van der Waals surface area contributed by atoms with E-state index in [0.29, 0.717) is 30.4 Å². The number of hydrogen-bond acceptors (Lipinski definition) is 6. The van der Waals surface area contributed by atoms with Crippen LogP contribution in [0.15, 0.2) is 51.7 Å². The summed E-state index contributed by atoms with van der Waals surface area (Å²) < 4.78 is 16.1. The Morgan fingerprint density at radius 3 is 2.67 bits per heavy atom. The van der Waals surface area contributed by atoms with Gasteiger partial charge in [0.05, 0.1) is 5.02 Å². The number of amides is 1. The van der Waals surface area contributed by atoms with E-state index < -0.39 is 18.1 Å². The predicted octanol–water partition coefficient (Wildman–Crippen LogP) is 4.94. The maximum Gasteiger partial charge on any atom is 0.408 e. The highest BCUT2D eigenvalue weighted by Crippen LogP contribution is 2.34. The third-order valence-corrected chi connectivity index (χ3v) is 5.90. The summed E-state index contributed by atoms with van der Waals surface area (Å²) in [6.07, 6.45) is 2.62. The summed E-state index contributed by atoms with van der Waals surface area (Å²) in [4.78, 5) is 37.3. The van der Waals surface area contributed by atoms with Crippen molar-refractivity contribution >= 4 is 34.6 Å². The van der Waals surface area contributed by atoms with Crippen molar-refractivity contribution in [3.63, 3.8) is 0 Å². The molecule has 1 aliphatic rings. The fraction of sp³-hybridized carbons (Fsp3) is 0.320. The largest absolute Gasteiger partial charge is 0.445 e. The number of aryl methyl sites for hydroxylation is 1. The molecule has 0 radical (unpaired) electrons. The molecule has 0 saturated heterocycles. The van der Waals surface area contributed by atoms with Gasteiger partial charge in [0.1, 0.15) is 18.2 Å². The van der Waals surface area contributed by atoms with Crippen LogP contribution in [0.2, 0.25) is 5.02 Å². The van der Waals surface area contributed by atoms with Gasteiger partial charge in [-0.1, -0.05) is 55.3 Å². The highest BCUT2D eigenvalue weighted by molar-refractivity contribution is 6.33. The van der Waals surface area contributed by atoms with Crippen molar-refractivity contribution in [2.75, 3.05) is 0 Å². The summed E-state index contributed by atoms with van der Waals surface area (Å²) in [5.74, 6) is -0.617. The predicted molar refractivity (Wildman–Crippen MR) is 124 cm³/mol. The van der Waals surface area contributed by atoms with E-state index in [4.69, 9.17) is 25.5 Å². The van der Waals surface area contributed by atoms with Crippen LogP contribution in [-0.4, -0.2) is 18.1 Å². The van der Waals surface area contributed by atoms with Crippen LogP contribution in [0.25, 0.3) is 11.0 Å². The number of carbonyl (C=O) groups is 2. The number of ether oxygens (including phenoxy) is 2. The SMILES string of the molecule is CCCC(NC(=O)OCc1ccccc1)C(=O)Oc1cc2oc(=O)c3c(c2cc1Cl)CCC3. The molecule has 0 fully saturated rings. The second-order valence-electron chi connectivity index (χ2n) is 7.95. The fourth-order valence-electron chi connectivity index (χ4n) is 3.99. The van der Waals surface area contributed by atoms with Crippen molar-refractivity contribution in [3.05, 3.63) is 74.6 Å². The standard InChI is InChI=1S/C25H24ClNO6/c1-2-7-20(27-25(30)31-14-15-8-4-3-5-9-15)24(29)33-22-13-21-18(12-19(22)26)16-10-6-11-17(16)23(28)32-21/h3-5,8-9,12-13,20H,2,6-7,10-11,14H2,1H3,(H,27,30). The van der Waals surface area contributed by atoms with E-state index in [1.165, 1.54) is 6.07 Å². The fourth-order valence-corrected chi connectivity index (χ4v) is 4.19. The molecule has 3 aromatic rings. The molecule has 33 heavy (non-hydrogen) atoms. The normalized spacial score (nSPS) is 13.4. The molecule has 1 aromatic heterocycles. The Balaban J connectivity index is 1.47. The molecule has 2 aromatic carbocycles. The molecule has 1 N–H and O–H groups in total. The Labute approximate surface area is 195 Å². The number of rotatable bonds is 7. The Kier molecular flexibility index (Phi) is 6.99. The molecule has 7 nitrogen and oxygen atoms in total. The highest BCUT2D eigenvalue weighted by Gasteiger charge is 2.25. The molecule has 0 aliphatic heterocycles. The first kappa shape index (κ1) is 22.9. The van der Waals surface area contributed by atoms with Crippen molar-refractivity contribution in [1.29, 1.82) is 0 Å². The molecule has 1 heterocycles. The lowest BCUT2D eigenvalue weighted by molar-refractivity contribution is -0.136. The molecule has 4 rings (SSSR count). The number of hydrogen-bond donors (Lipinski definition) is 1. The highest BCUT2D eigenvalue weighted by atomic mass is 35.5. The van der Waals surface area contributed by atoms with Crippen LogP contribution in [0.5, 0.6) is 5.75 Å². The Morgan fingerprint density at radius 2 is 1.91 bits per heavy atom. The summed E-state index contributed by atoms with van der Waals surface area (Å²) in [5, 5.41) is 3.53. The minimum Gasteiger partial charge on any atom is -0.445 e. The molecular formula is C25H24ClNO6. The summed E-state index contributed by atoms with van der Waals surface area (Å²) >= 11 is 6.38. The summed E-state index contributed by atoms with van der Waals surface area (Å²) in [6, 6.07) is 11.4. The minimum absolute atomic E-state index is 0.0656. The molecule has 1 atom stereocenters. The number of nitrogens with one attached hydrogen (secondary N) is 1. The van der Waals surface area contributed by atoms with Crippen molar-refractivity contribution < 1.29 is 23.5 Å². The zero-order chi connectivity index (χ0) is 23.4. The molecule has 1 unspecified atom stereocenters. The molecule has 1 aliphatic carbocycles. The molecule has 0 spiro atoms. The number of fused-ring (bicyclic) bond motifs is 3. The third kappa shape index (κ3) is 5.20. The number of benzene rings is 2. The Bertz CT molecular complexity index is 1240. The van der Waals surface area contributed by atoms with Crippen LogP contribution < -0.4 is 15.7 Å². The first-order valence-electron chi connectivity index (χ1n) is 10.9. The quantitative estimate of drug-likeness (QED) is 0.299. The van der Waals surface area contributed by atoms with Gasteiger partial charge in [0.25, 0.3) is 0 Å². The van der Waals surface area contributed by atoms with E-state index in [2.05, 4.69) is 5.32 Å². The average molecular weight is 470 g/mol. The van der Waals surface area contributed by atoms with E-state index in [0.717, 1.165) is 29.4 Å². The van der Waals surface area contributed by atoms with E-state index >= 15 is 0 Å². The van der Waals surface area contributed by atoms with E-state index in [-0.39, 0.29) is 23.0 Å². The van der Waals surface area contributed by atoms with Crippen LogP contribution >= 0.6 is 11.6 Å². The monoisotopic (exact) mass is 469 g/mol. The zero-order valence-electron chi connectivity index (χ0n) is 18.2. The maximum absolute atomic E-state index is 12.8. The van der Waals surface area contributed by atoms with Crippen LogP contribution in [0, 0.1) is 0 Å². The molecule has 1 amide bonds. The van der Waals surface area contributed by atoms with Crippen LogP contribution in [0.1, 0.15) is 42.9 Å². The lowest BCUT2D eigenvalue weighted by Gasteiger charge is -2.17. The Hall–Kier alpha value is -3.32. The van der Waals surface area contributed by atoms with Gasteiger partial charge in [-0.15, -0.1) is 0 Å². The molecule has 8 heteroatoms. The lowest BCUT2D eigenvalue weighted by atomic mass is 10.1. The van der Waals surface area contributed by atoms with E-state index in [1.54, 1.807) is 6.07 Å². The van der Waals surface area contributed by atoms with Crippen LogP contribution in [0.3, 0.4) is 0 Å². The summed E-state index contributed by atoms with van der Waals surface area (Å²) in [5.41, 5.74) is 2.40. The van der Waals surface area contributed by atoms with E-state index in [1.807, 2.05) is 37.3 Å². The molecule has 172 valence electrons. The van der Waals surface area contributed by atoms with Gasteiger partial charge in [0, 0.05) is 17.0 Å².